The Bertz CT molecular complexity index is 320. The second kappa shape index (κ2) is 13.3. The third kappa shape index (κ3) is 14.5. The molecular formula is C13H23NO7. The molecule has 0 radical (unpaired) electrons. The van der Waals surface area contributed by atoms with Gasteiger partial charge in [0.15, 0.2) is 0 Å². The Morgan fingerprint density at radius 2 is 1.62 bits per heavy atom. The average molecular weight is 305 g/mol. The van der Waals surface area contributed by atoms with E-state index in [0.29, 0.717) is 39.4 Å². The zero-order valence-corrected chi connectivity index (χ0v) is 12.3. The van der Waals surface area contributed by atoms with Gasteiger partial charge in [0.2, 0.25) is 5.91 Å². The molecule has 0 saturated carbocycles. The van der Waals surface area contributed by atoms with E-state index < -0.39 is 5.97 Å². The van der Waals surface area contributed by atoms with Crippen LogP contribution in [0.2, 0.25) is 0 Å². The summed E-state index contributed by atoms with van der Waals surface area (Å²) in [7, 11) is 1.33. The Morgan fingerprint density at radius 1 is 0.952 bits per heavy atom. The largest absolute Gasteiger partial charge is 0.481 e. The van der Waals surface area contributed by atoms with E-state index in [1.807, 2.05) is 0 Å². The van der Waals surface area contributed by atoms with Crippen LogP contribution in [-0.2, 0) is 28.6 Å². The summed E-state index contributed by atoms with van der Waals surface area (Å²) < 4.78 is 14.9. The molecule has 2 N–H and O–H groups in total. The number of carboxylic acid groups (broad SMARTS) is 1. The fraction of sp³-hybridized carbons (Fsp3) is 0.769. The van der Waals surface area contributed by atoms with E-state index in [4.69, 9.17) is 14.6 Å². The van der Waals surface area contributed by atoms with Gasteiger partial charge < -0.3 is 24.6 Å². The standard InChI is InChI=1S/C13H23NO7/c1-19-13(18)5-8-21-10-9-20-7-2-6-14-11(15)3-4-12(16)17/h2-10H2,1H3,(H,14,15)(H,16,17). The molecule has 21 heavy (non-hydrogen) atoms. The number of hydrogen-bond donors (Lipinski definition) is 2. The molecule has 0 aliphatic carbocycles. The number of esters is 1. The molecule has 1 amide bonds. The molecule has 0 fully saturated rings. The van der Waals surface area contributed by atoms with Crippen molar-refractivity contribution in [1.29, 1.82) is 0 Å². The van der Waals surface area contributed by atoms with Crippen molar-refractivity contribution in [2.24, 2.45) is 0 Å². The Morgan fingerprint density at radius 3 is 2.24 bits per heavy atom. The van der Waals surface area contributed by atoms with Crippen LogP contribution in [0.1, 0.15) is 25.7 Å². The van der Waals surface area contributed by atoms with Gasteiger partial charge in [0.05, 0.1) is 39.8 Å². The van der Waals surface area contributed by atoms with E-state index >= 15 is 0 Å². The highest BCUT2D eigenvalue weighted by atomic mass is 16.5. The first kappa shape index (κ1) is 19.3. The van der Waals surface area contributed by atoms with E-state index in [0.717, 1.165) is 0 Å². The first-order valence-electron chi connectivity index (χ1n) is 6.77. The fourth-order valence-electron chi connectivity index (χ4n) is 1.29. The van der Waals surface area contributed by atoms with Crippen molar-refractivity contribution in [3.63, 3.8) is 0 Å². The average Bonchev–Trinajstić information content (AvgIpc) is 2.46. The molecule has 0 aliphatic heterocycles. The molecule has 0 rings (SSSR count). The van der Waals surface area contributed by atoms with Crippen LogP contribution in [-0.4, -0.2) is 63.0 Å². The van der Waals surface area contributed by atoms with Crippen molar-refractivity contribution in [1.82, 2.24) is 5.32 Å². The van der Waals surface area contributed by atoms with Crippen LogP contribution in [0.4, 0.5) is 0 Å². The molecule has 8 nitrogen and oxygen atoms in total. The zero-order chi connectivity index (χ0) is 15.9. The summed E-state index contributed by atoms with van der Waals surface area (Å²) in [6, 6.07) is 0. The molecule has 0 saturated heterocycles. The number of aliphatic carboxylic acids is 1. The number of carbonyl (C=O) groups excluding carboxylic acids is 2. The third-order valence-electron chi connectivity index (χ3n) is 2.40. The number of methoxy groups -OCH3 is 1. The zero-order valence-electron chi connectivity index (χ0n) is 12.3. The molecule has 0 atom stereocenters. The normalized spacial score (nSPS) is 10.1. The van der Waals surface area contributed by atoms with Crippen molar-refractivity contribution >= 4 is 17.8 Å². The fourth-order valence-corrected chi connectivity index (χ4v) is 1.29. The van der Waals surface area contributed by atoms with Crippen LogP contribution >= 0.6 is 0 Å². The number of amides is 1. The molecule has 0 spiro atoms. The molecule has 0 heterocycles. The molecule has 122 valence electrons. The Kier molecular flexibility index (Phi) is 12.3. The minimum absolute atomic E-state index is 0.00970. The van der Waals surface area contributed by atoms with Crippen LogP contribution in [0.15, 0.2) is 0 Å². The SMILES string of the molecule is COC(=O)CCOCCOCCCNC(=O)CCC(=O)O. The maximum atomic E-state index is 11.2. The lowest BCUT2D eigenvalue weighted by Gasteiger charge is -2.06. The molecular weight excluding hydrogens is 282 g/mol. The number of carboxylic acids is 1. The Balaban J connectivity index is 3.20. The number of carbonyl (C=O) groups is 3. The van der Waals surface area contributed by atoms with Gasteiger partial charge in [-0.25, -0.2) is 0 Å². The van der Waals surface area contributed by atoms with Gasteiger partial charge in [0.25, 0.3) is 0 Å². The van der Waals surface area contributed by atoms with Gasteiger partial charge in [-0.3, -0.25) is 14.4 Å². The van der Waals surface area contributed by atoms with E-state index in [2.05, 4.69) is 10.1 Å². The van der Waals surface area contributed by atoms with Crippen molar-refractivity contribution in [3.8, 4) is 0 Å². The van der Waals surface area contributed by atoms with E-state index in [1.165, 1.54) is 7.11 Å². The number of nitrogens with one attached hydrogen (secondary N) is 1. The van der Waals surface area contributed by atoms with Gasteiger partial charge in [-0.15, -0.1) is 0 Å². The number of rotatable bonds is 13. The minimum Gasteiger partial charge on any atom is -0.481 e. The van der Waals surface area contributed by atoms with Crippen molar-refractivity contribution in [2.45, 2.75) is 25.7 Å². The third-order valence-corrected chi connectivity index (χ3v) is 2.40. The van der Waals surface area contributed by atoms with Crippen molar-refractivity contribution < 1.29 is 33.7 Å². The van der Waals surface area contributed by atoms with Crippen LogP contribution in [0, 0.1) is 0 Å². The Labute approximate surface area is 123 Å². The summed E-state index contributed by atoms with van der Waals surface area (Å²) in [5, 5.41) is 11.0. The van der Waals surface area contributed by atoms with Crippen molar-refractivity contribution in [2.75, 3.05) is 40.1 Å². The van der Waals surface area contributed by atoms with Crippen LogP contribution in [0.25, 0.3) is 0 Å². The highest BCUT2D eigenvalue weighted by Gasteiger charge is 2.04. The molecule has 8 heteroatoms. The maximum absolute atomic E-state index is 11.2. The Hall–Kier alpha value is -1.67. The van der Waals surface area contributed by atoms with Crippen LogP contribution in [0.3, 0.4) is 0 Å². The molecule has 0 aromatic rings. The summed E-state index contributed by atoms with van der Waals surface area (Å²) in [4.78, 5) is 32.2. The monoisotopic (exact) mass is 305 g/mol. The molecule has 0 aromatic carbocycles. The van der Waals surface area contributed by atoms with Gasteiger partial charge in [0.1, 0.15) is 0 Å². The summed E-state index contributed by atoms with van der Waals surface area (Å²) in [5.74, 6) is -1.57. The smallest absolute Gasteiger partial charge is 0.307 e. The van der Waals surface area contributed by atoms with Crippen LogP contribution in [0.5, 0.6) is 0 Å². The lowest BCUT2D eigenvalue weighted by Crippen LogP contribution is -2.25. The predicted octanol–water partition coefficient (Wildman–Crippen LogP) is -0.0462. The van der Waals surface area contributed by atoms with E-state index in [1.54, 1.807) is 0 Å². The minimum atomic E-state index is -0.985. The molecule has 0 aliphatic rings. The van der Waals surface area contributed by atoms with Gasteiger partial charge in [0, 0.05) is 19.6 Å². The van der Waals surface area contributed by atoms with Gasteiger partial charge >= 0.3 is 11.9 Å². The maximum Gasteiger partial charge on any atom is 0.307 e. The molecule has 0 unspecified atom stereocenters. The highest BCUT2D eigenvalue weighted by Crippen LogP contribution is 1.90. The second-order valence-corrected chi connectivity index (χ2v) is 4.15. The number of ether oxygens (including phenoxy) is 3. The molecule has 0 bridgehead atoms. The summed E-state index contributed by atoms with van der Waals surface area (Å²) >= 11 is 0. The van der Waals surface area contributed by atoms with E-state index in [9.17, 15) is 14.4 Å². The van der Waals surface area contributed by atoms with Gasteiger partial charge in [-0.2, -0.15) is 0 Å². The quantitative estimate of drug-likeness (QED) is 0.362. The highest BCUT2D eigenvalue weighted by molar-refractivity contribution is 5.80. The van der Waals surface area contributed by atoms with E-state index in [-0.39, 0.29) is 31.1 Å². The lowest BCUT2D eigenvalue weighted by molar-refractivity contribution is -0.142. The van der Waals surface area contributed by atoms with Gasteiger partial charge in [-0.05, 0) is 6.42 Å². The molecule has 0 aromatic heterocycles. The summed E-state index contributed by atoms with van der Waals surface area (Å²) in [6.07, 6.45) is 0.690. The first-order chi connectivity index (χ1) is 10.1. The first-order valence-corrected chi connectivity index (χ1v) is 6.77. The number of hydrogen-bond acceptors (Lipinski definition) is 6. The second-order valence-electron chi connectivity index (χ2n) is 4.15. The predicted molar refractivity (Wildman–Crippen MR) is 72.8 cm³/mol. The van der Waals surface area contributed by atoms with Crippen LogP contribution < -0.4 is 5.32 Å². The van der Waals surface area contributed by atoms with Gasteiger partial charge in [-0.1, -0.05) is 0 Å². The lowest BCUT2D eigenvalue weighted by atomic mass is 10.3. The summed E-state index contributed by atoms with van der Waals surface area (Å²) in [6.45, 7) is 2.02. The van der Waals surface area contributed by atoms with Crippen molar-refractivity contribution in [3.05, 3.63) is 0 Å². The summed E-state index contributed by atoms with van der Waals surface area (Å²) in [5.41, 5.74) is 0. The topological polar surface area (TPSA) is 111 Å².